The van der Waals surface area contributed by atoms with E-state index < -0.39 is 27.7 Å². The lowest BCUT2D eigenvalue weighted by Gasteiger charge is -2.38. The molecule has 0 bridgehead atoms. The summed E-state index contributed by atoms with van der Waals surface area (Å²) in [4.78, 5) is 14.2. The molecule has 2 N–H and O–H groups in total. The monoisotopic (exact) mass is 463 g/mol. The molecular weight excluding hydrogens is 433 g/mol. The summed E-state index contributed by atoms with van der Waals surface area (Å²) in [7, 11) is -2.68. The number of amides is 2. The second kappa shape index (κ2) is 9.07. The molecule has 1 atom stereocenters. The number of halogens is 1. The van der Waals surface area contributed by atoms with Crippen LogP contribution in [0.1, 0.15) is 37.5 Å². The van der Waals surface area contributed by atoms with Gasteiger partial charge in [-0.1, -0.05) is 57.2 Å². The third kappa shape index (κ3) is 5.05. The van der Waals surface area contributed by atoms with E-state index in [1.165, 1.54) is 4.90 Å². The molecule has 2 aromatic rings. The Morgan fingerprint density at radius 1 is 1.12 bits per heavy atom. The van der Waals surface area contributed by atoms with E-state index in [-0.39, 0.29) is 18.5 Å². The fourth-order valence-electron chi connectivity index (χ4n) is 3.83. The molecule has 174 valence electrons. The number of urea groups is 1. The average molecular weight is 464 g/mol. The van der Waals surface area contributed by atoms with Gasteiger partial charge in [0.2, 0.25) is 16.0 Å². The second-order valence-corrected chi connectivity index (χ2v) is 10.6. The molecule has 1 unspecified atom stereocenters. The minimum absolute atomic E-state index is 0.0114. The zero-order valence-electron chi connectivity index (χ0n) is 18.8. The summed E-state index contributed by atoms with van der Waals surface area (Å²) in [5, 5.41) is 2.72. The van der Waals surface area contributed by atoms with Crippen molar-refractivity contribution in [2.24, 2.45) is 0 Å². The van der Waals surface area contributed by atoms with Crippen LogP contribution in [0.4, 0.5) is 9.18 Å². The maximum absolute atomic E-state index is 13.3. The van der Waals surface area contributed by atoms with Crippen LogP contribution in [0.15, 0.2) is 48.5 Å². The van der Waals surface area contributed by atoms with Gasteiger partial charge in [-0.2, -0.15) is 4.72 Å². The number of carbonyl (C=O) groups excluding carboxylic acids is 1. The molecule has 9 heteroatoms. The Labute approximate surface area is 189 Å². The summed E-state index contributed by atoms with van der Waals surface area (Å²) in [6.45, 7) is 6.44. The third-order valence-electron chi connectivity index (χ3n) is 5.68. The molecular formula is C23H30FN3O4S. The van der Waals surface area contributed by atoms with Gasteiger partial charge in [0.05, 0.1) is 13.7 Å². The van der Waals surface area contributed by atoms with Crippen LogP contribution in [-0.4, -0.2) is 45.6 Å². The minimum Gasteiger partial charge on any atom is -0.497 e. The zero-order valence-corrected chi connectivity index (χ0v) is 19.6. The molecule has 0 saturated carbocycles. The van der Waals surface area contributed by atoms with Crippen molar-refractivity contribution in [1.29, 1.82) is 0 Å². The summed E-state index contributed by atoms with van der Waals surface area (Å²) < 4.78 is 45.5. The fraction of sp³-hybridized carbons (Fsp3) is 0.435. The molecule has 1 aliphatic heterocycles. The normalized spacial score (nSPS) is 19.2. The summed E-state index contributed by atoms with van der Waals surface area (Å²) in [6.07, 6.45) is 0.483. The van der Waals surface area contributed by atoms with Crippen molar-refractivity contribution in [2.45, 2.75) is 38.3 Å². The Kier molecular flexibility index (Phi) is 6.80. The maximum Gasteiger partial charge on any atom is 0.319 e. The van der Waals surface area contributed by atoms with Crippen molar-refractivity contribution in [3.05, 3.63) is 65.2 Å². The molecule has 1 aliphatic rings. The lowest BCUT2D eigenvalue weighted by atomic mass is 9.85. The molecule has 32 heavy (non-hydrogen) atoms. The van der Waals surface area contributed by atoms with E-state index in [9.17, 15) is 17.6 Å². The third-order valence-corrected chi connectivity index (χ3v) is 6.62. The lowest BCUT2D eigenvalue weighted by molar-refractivity contribution is 0.146. The quantitative estimate of drug-likeness (QED) is 0.629. The molecule has 7 nitrogen and oxygen atoms in total. The number of benzene rings is 2. The van der Waals surface area contributed by atoms with Crippen LogP contribution in [0.5, 0.6) is 5.75 Å². The van der Waals surface area contributed by atoms with E-state index in [4.69, 9.17) is 4.74 Å². The topological polar surface area (TPSA) is 87.7 Å². The molecule has 0 aliphatic carbocycles. The van der Waals surface area contributed by atoms with Gasteiger partial charge in [0, 0.05) is 6.54 Å². The van der Waals surface area contributed by atoms with Crippen molar-refractivity contribution in [3.8, 4) is 5.75 Å². The van der Waals surface area contributed by atoms with Gasteiger partial charge in [-0.25, -0.2) is 17.6 Å². The van der Waals surface area contributed by atoms with E-state index in [1.807, 2.05) is 36.4 Å². The number of ether oxygens (including phenoxy) is 1. The molecule has 2 aromatic carbocycles. The molecule has 2 amide bonds. The largest absolute Gasteiger partial charge is 0.497 e. The van der Waals surface area contributed by atoms with Crippen LogP contribution in [0, 0.1) is 0 Å². The maximum atomic E-state index is 13.3. The zero-order chi connectivity index (χ0) is 23.6. The van der Waals surface area contributed by atoms with E-state index >= 15 is 0 Å². The van der Waals surface area contributed by atoms with Crippen molar-refractivity contribution >= 4 is 16.1 Å². The SMILES string of the molecule is COc1ccc(CCN2C(=O)NCC2(NS(=O)(=O)CF)c2ccc(C(C)(C)C)cc2)cc1. The van der Waals surface area contributed by atoms with Gasteiger partial charge >= 0.3 is 6.03 Å². The molecule has 0 spiro atoms. The molecule has 1 saturated heterocycles. The number of hydrogen-bond donors (Lipinski definition) is 2. The van der Waals surface area contributed by atoms with Crippen molar-refractivity contribution < 1.29 is 22.3 Å². The first-order valence-corrected chi connectivity index (χ1v) is 12.0. The van der Waals surface area contributed by atoms with E-state index in [1.54, 1.807) is 19.2 Å². The Morgan fingerprint density at radius 3 is 2.28 bits per heavy atom. The number of nitrogens with zero attached hydrogens (tertiary/aromatic N) is 1. The number of hydrogen-bond acceptors (Lipinski definition) is 4. The van der Waals surface area contributed by atoms with E-state index in [2.05, 4.69) is 30.8 Å². The van der Waals surface area contributed by atoms with Gasteiger partial charge in [-0.05, 0) is 40.7 Å². The summed E-state index contributed by atoms with van der Waals surface area (Å²) in [5.74, 6) is 0.719. The predicted molar refractivity (Wildman–Crippen MR) is 122 cm³/mol. The van der Waals surface area contributed by atoms with Gasteiger partial charge in [0.15, 0.2) is 5.66 Å². The standard InChI is InChI=1S/C23H30FN3O4S/c1-22(2,3)18-7-9-19(10-8-18)23(26-32(29,30)16-24)15-25-21(28)27(23)14-13-17-5-11-20(31-4)12-6-17/h5-12,26H,13-16H2,1-4H3,(H,25,28). The first-order chi connectivity index (χ1) is 15.0. The fourth-order valence-corrected chi connectivity index (χ4v) is 4.70. The molecule has 3 rings (SSSR count). The highest BCUT2D eigenvalue weighted by Crippen LogP contribution is 2.33. The van der Waals surface area contributed by atoms with Crippen LogP contribution in [0.25, 0.3) is 0 Å². The van der Waals surface area contributed by atoms with Crippen LogP contribution < -0.4 is 14.8 Å². The number of sulfonamides is 1. The van der Waals surface area contributed by atoms with Crippen molar-refractivity contribution in [3.63, 3.8) is 0 Å². The molecule has 0 aromatic heterocycles. The Bertz CT molecular complexity index is 1050. The van der Waals surface area contributed by atoms with E-state index in [0.717, 1.165) is 16.9 Å². The first kappa shape index (κ1) is 24.0. The summed E-state index contributed by atoms with van der Waals surface area (Å²) in [5.41, 5.74) is 1.06. The van der Waals surface area contributed by atoms with Crippen LogP contribution in [-0.2, 0) is 27.5 Å². The highest BCUT2D eigenvalue weighted by Gasteiger charge is 2.49. The van der Waals surface area contributed by atoms with Gasteiger partial charge in [-0.15, -0.1) is 0 Å². The Morgan fingerprint density at radius 2 is 1.75 bits per heavy atom. The number of nitrogens with one attached hydrogen (secondary N) is 2. The Balaban J connectivity index is 1.97. The van der Waals surface area contributed by atoms with Gasteiger partial charge in [0.1, 0.15) is 5.75 Å². The summed E-state index contributed by atoms with van der Waals surface area (Å²) >= 11 is 0. The highest BCUT2D eigenvalue weighted by molar-refractivity contribution is 7.89. The summed E-state index contributed by atoms with van der Waals surface area (Å²) in [6, 6.07) is 12.8. The number of carbonyl (C=O) groups is 1. The average Bonchev–Trinajstić information content (AvgIpc) is 3.07. The lowest BCUT2D eigenvalue weighted by Crippen LogP contribution is -2.57. The Hall–Kier alpha value is -2.65. The number of methoxy groups -OCH3 is 1. The highest BCUT2D eigenvalue weighted by atomic mass is 32.2. The van der Waals surface area contributed by atoms with Crippen molar-refractivity contribution in [2.75, 3.05) is 26.2 Å². The second-order valence-electron chi connectivity index (χ2n) is 8.92. The minimum atomic E-state index is -4.26. The van der Waals surface area contributed by atoms with Crippen molar-refractivity contribution in [1.82, 2.24) is 14.9 Å². The van der Waals surface area contributed by atoms with Crippen LogP contribution in [0.2, 0.25) is 0 Å². The number of rotatable bonds is 8. The van der Waals surface area contributed by atoms with Crippen LogP contribution >= 0.6 is 0 Å². The van der Waals surface area contributed by atoms with Gasteiger partial charge in [0.25, 0.3) is 0 Å². The van der Waals surface area contributed by atoms with Gasteiger partial charge in [-0.3, -0.25) is 4.90 Å². The number of alkyl halides is 1. The van der Waals surface area contributed by atoms with Crippen LogP contribution in [0.3, 0.4) is 0 Å². The molecule has 1 fully saturated rings. The molecule has 1 heterocycles. The predicted octanol–water partition coefficient (Wildman–Crippen LogP) is 3.26. The van der Waals surface area contributed by atoms with Gasteiger partial charge < -0.3 is 10.1 Å². The first-order valence-electron chi connectivity index (χ1n) is 10.4. The van der Waals surface area contributed by atoms with E-state index in [0.29, 0.717) is 12.0 Å². The molecule has 0 radical (unpaired) electrons. The smallest absolute Gasteiger partial charge is 0.319 e.